The molecular formula is C19H22N4O4S2. The van der Waals surface area contributed by atoms with Gasteiger partial charge in [-0.2, -0.15) is 4.31 Å². The number of morpholine rings is 1. The molecule has 0 spiro atoms. The quantitative estimate of drug-likeness (QED) is 0.528. The maximum absolute atomic E-state index is 13.0. The summed E-state index contributed by atoms with van der Waals surface area (Å²) in [4.78, 5) is 0.245. The molecule has 0 atom stereocenters. The molecule has 1 saturated heterocycles. The Morgan fingerprint density at radius 2 is 1.97 bits per heavy atom. The van der Waals surface area contributed by atoms with Crippen LogP contribution in [0.15, 0.2) is 57.1 Å². The lowest BCUT2D eigenvalue weighted by molar-refractivity contribution is 0.0730. The summed E-state index contributed by atoms with van der Waals surface area (Å²) in [5, 5.41) is 9.41. The van der Waals surface area contributed by atoms with Crippen LogP contribution in [0, 0.1) is 0 Å². The highest BCUT2D eigenvalue weighted by Gasteiger charge is 2.27. The van der Waals surface area contributed by atoms with Crippen LogP contribution in [0.3, 0.4) is 0 Å². The Hall–Kier alpha value is -2.14. The van der Waals surface area contributed by atoms with Crippen LogP contribution in [-0.2, 0) is 21.3 Å². The zero-order valence-corrected chi connectivity index (χ0v) is 17.7. The normalized spacial score (nSPS) is 15.6. The average molecular weight is 435 g/mol. The highest BCUT2D eigenvalue weighted by molar-refractivity contribution is 7.99. The smallest absolute Gasteiger partial charge is 0.243 e. The molecule has 0 unspecified atom stereocenters. The Labute approximate surface area is 173 Å². The fourth-order valence-electron chi connectivity index (χ4n) is 3.17. The molecule has 0 N–H and O–H groups in total. The molecule has 1 fully saturated rings. The molecule has 0 aliphatic carbocycles. The van der Waals surface area contributed by atoms with Gasteiger partial charge in [0, 0.05) is 18.7 Å². The summed E-state index contributed by atoms with van der Waals surface area (Å²) in [6, 6.07) is 10.6. The van der Waals surface area contributed by atoms with Gasteiger partial charge in [0.05, 0.1) is 30.9 Å². The van der Waals surface area contributed by atoms with Crippen molar-refractivity contribution in [3.63, 3.8) is 0 Å². The third kappa shape index (κ3) is 4.25. The van der Waals surface area contributed by atoms with Gasteiger partial charge in [0.1, 0.15) is 5.76 Å². The van der Waals surface area contributed by atoms with Crippen molar-refractivity contribution in [1.29, 1.82) is 0 Å². The first kappa shape index (κ1) is 20.1. The first-order chi connectivity index (χ1) is 14.1. The molecule has 154 valence electrons. The van der Waals surface area contributed by atoms with E-state index < -0.39 is 10.0 Å². The number of hydrogen-bond acceptors (Lipinski definition) is 7. The van der Waals surface area contributed by atoms with Crippen LogP contribution < -0.4 is 0 Å². The maximum Gasteiger partial charge on any atom is 0.243 e. The zero-order chi connectivity index (χ0) is 20.3. The fourth-order valence-corrected chi connectivity index (χ4v) is 5.29. The topological polar surface area (TPSA) is 90.5 Å². The first-order valence-electron chi connectivity index (χ1n) is 9.36. The van der Waals surface area contributed by atoms with Crippen molar-refractivity contribution >= 4 is 21.8 Å². The lowest BCUT2D eigenvalue weighted by Crippen LogP contribution is -2.40. The number of nitrogens with zero attached hydrogens (tertiary/aromatic N) is 4. The van der Waals surface area contributed by atoms with E-state index in [0.717, 1.165) is 16.7 Å². The van der Waals surface area contributed by atoms with Crippen molar-refractivity contribution in [2.45, 2.75) is 23.5 Å². The van der Waals surface area contributed by atoms with Gasteiger partial charge in [0.15, 0.2) is 11.0 Å². The van der Waals surface area contributed by atoms with Gasteiger partial charge in [-0.15, -0.1) is 10.2 Å². The minimum Gasteiger partial charge on any atom is -0.467 e. The summed E-state index contributed by atoms with van der Waals surface area (Å²) in [6.45, 7) is 4.06. The van der Waals surface area contributed by atoms with E-state index in [4.69, 9.17) is 9.15 Å². The molecule has 1 aliphatic heterocycles. The molecule has 10 heteroatoms. The number of ether oxygens (including phenoxy) is 1. The highest BCUT2D eigenvalue weighted by atomic mass is 32.2. The van der Waals surface area contributed by atoms with Crippen molar-refractivity contribution in [3.8, 4) is 11.4 Å². The van der Waals surface area contributed by atoms with Crippen LogP contribution >= 0.6 is 11.8 Å². The number of benzene rings is 1. The summed E-state index contributed by atoms with van der Waals surface area (Å²) in [5.74, 6) is 2.24. The molecule has 1 aromatic carbocycles. The van der Waals surface area contributed by atoms with E-state index in [2.05, 4.69) is 10.2 Å². The van der Waals surface area contributed by atoms with Crippen molar-refractivity contribution in [1.82, 2.24) is 19.1 Å². The molecule has 0 saturated carbocycles. The Balaban J connectivity index is 1.71. The van der Waals surface area contributed by atoms with E-state index in [1.165, 1.54) is 4.31 Å². The Morgan fingerprint density at radius 3 is 2.69 bits per heavy atom. The van der Waals surface area contributed by atoms with Crippen LogP contribution in [0.1, 0.15) is 12.7 Å². The van der Waals surface area contributed by atoms with Crippen LogP contribution in [0.2, 0.25) is 0 Å². The third-order valence-electron chi connectivity index (χ3n) is 4.58. The second-order valence-electron chi connectivity index (χ2n) is 6.45. The molecule has 3 aromatic rings. The van der Waals surface area contributed by atoms with Gasteiger partial charge in [0.25, 0.3) is 0 Å². The van der Waals surface area contributed by atoms with E-state index in [1.54, 1.807) is 36.2 Å². The van der Waals surface area contributed by atoms with Crippen molar-refractivity contribution in [2.75, 3.05) is 32.1 Å². The second kappa shape index (κ2) is 8.70. The van der Waals surface area contributed by atoms with Crippen molar-refractivity contribution in [3.05, 3.63) is 48.4 Å². The largest absolute Gasteiger partial charge is 0.467 e. The molecule has 0 radical (unpaired) electrons. The van der Waals surface area contributed by atoms with E-state index in [0.29, 0.717) is 44.2 Å². The average Bonchev–Trinajstić information content (AvgIpc) is 3.40. The molecule has 2 aromatic heterocycles. The van der Waals surface area contributed by atoms with Gasteiger partial charge >= 0.3 is 0 Å². The second-order valence-corrected chi connectivity index (χ2v) is 9.62. The monoisotopic (exact) mass is 434 g/mol. The number of hydrogen-bond donors (Lipinski definition) is 0. The fraction of sp³-hybridized carbons (Fsp3) is 0.368. The summed E-state index contributed by atoms with van der Waals surface area (Å²) >= 11 is 1.58. The third-order valence-corrected chi connectivity index (χ3v) is 7.33. The van der Waals surface area contributed by atoms with Gasteiger partial charge in [-0.25, -0.2) is 8.42 Å². The summed E-state index contributed by atoms with van der Waals surface area (Å²) in [6.07, 6.45) is 1.63. The zero-order valence-electron chi connectivity index (χ0n) is 16.0. The van der Waals surface area contributed by atoms with Crippen molar-refractivity contribution in [2.24, 2.45) is 0 Å². The predicted molar refractivity (Wildman–Crippen MR) is 109 cm³/mol. The minimum atomic E-state index is -3.59. The molecule has 3 heterocycles. The molecular weight excluding hydrogens is 412 g/mol. The lowest BCUT2D eigenvalue weighted by atomic mass is 10.2. The van der Waals surface area contributed by atoms with Gasteiger partial charge in [-0.05, 0) is 30.0 Å². The van der Waals surface area contributed by atoms with Crippen LogP contribution in [-0.4, -0.2) is 59.5 Å². The molecule has 8 nitrogen and oxygen atoms in total. The summed E-state index contributed by atoms with van der Waals surface area (Å²) in [7, 11) is -3.59. The minimum absolute atomic E-state index is 0.245. The van der Waals surface area contributed by atoms with E-state index in [9.17, 15) is 8.42 Å². The van der Waals surface area contributed by atoms with Gasteiger partial charge in [0.2, 0.25) is 10.0 Å². The van der Waals surface area contributed by atoms with E-state index in [1.807, 2.05) is 29.7 Å². The van der Waals surface area contributed by atoms with Gasteiger partial charge in [-0.3, -0.25) is 4.57 Å². The SMILES string of the molecule is CCSc1nnc(-c2cccc(S(=O)(=O)N3CCOCC3)c2)n1Cc1ccco1. The van der Waals surface area contributed by atoms with Crippen LogP contribution in [0.25, 0.3) is 11.4 Å². The lowest BCUT2D eigenvalue weighted by Gasteiger charge is -2.26. The maximum atomic E-state index is 13.0. The number of aromatic nitrogens is 3. The standard InChI is InChI=1S/C19H22N4O4S2/c1-2-28-19-21-20-18(23(19)14-16-6-4-10-27-16)15-5-3-7-17(13-15)29(24,25)22-8-11-26-12-9-22/h3-7,10,13H,2,8-9,11-12,14H2,1H3. The molecule has 1 aliphatic rings. The number of thioether (sulfide) groups is 1. The summed E-state index contributed by atoms with van der Waals surface area (Å²) < 4.78 is 40.2. The predicted octanol–water partition coefficient (Wildman–Crippen LogP) is 2.72. The number of furan rings is 1. The molecule has 0 bridgehead atoms. The van der Waals surface area contributed by atoms with Crippen LogP contribution in [0.5, 0.6) is 0 Å². The Bertz CT molecular complexity index is 1060. The Morgan fingerprint density at radius 1 is 1.14 bits per heavy atom. The summed E-state index contributed by atoms with van der Waals surface area (Å²) in [5.41, 5.74) is 0.696. The molecule has 4 rings (SSSR count). The first-order valence-corrected chi connectivity index (χ1v) is 11.8. The van der Waals surface area contributed by atoms with Crippen LogP contribution in [0.4, 0.5) is 0 Å². The number of sulfonamides is 1. The number of rotatable bonds is 7. The Kier molecular flexibility index (Phi) is 6.04. The molecule has 0 amide bonds. The van der Waals surface area contributed by atoms with E-state index in [-0.39, 0.29) is 4.90 Å². The highest BCUT2D eigenvalue weighted by Crippen LogP contribution is 2.28. The van der Waals surface area contributed by atoms with Crippen molar-refractivity contribution < 1.29 is 17.6 Å². The molecule has 29 heavy (non-hydrogen) atoms. The van der Waals surface area contributed by atoms with Gasteiger partial charge < -0.3 is 9.15 Å². The van der Waals surface area contributed by atoms with Gasteiger partial charge in [-0.1, -0.05) is 30.8 Å². The van der Waals surface area contributed by atoms with E-state index >= 15 is 0 Å².